The number of imidazole rings is 1. The number of rotatable bonds is 1. The van der Waals surface area contributed by atoms with Crippen LogP contribution in [0.25, 0.3) is 11.2 Å². The highest BCUT2D eigenvalue weighted by molar-refractivity contribution is 5.74. The summed E-state index contributed by atoms with van der Waals surface area (Å²) in [4.78, 5) is 6.72. The summed E-state index contributed by atoms with van der Waals surface area (Å²) in [5.41, 5.74) is 1.18. The molecule has 11 heavy (non-hydrogen) atoms. The van der Waals surface area contributed by atoms with E-state index in [0.29, 0.717) is 17.0 Å². The molecule has 2 rings (SSSR count). The number of hydrogen-bond acceptors (Lipinski definition) is 5. The molecule has 0 saturated heterocycles. The Bertz CT molecular complexity index is 370. The standard InChI is InChI=1S/C5H5N5O/c1-11-5-3-4(7-2-6-3)8-10-9-5/h2H,1H3,(H,6,7,8,9). The second-order valence-electron chi connectivity index (χ2n) is 1.90. The molecule has 2 heterocycles. The Balaban J connectivity index is 2.79. The quantitative estimate of drug-likeness (QED) is 0.608. The van der Waals surface area contributed by atoms with Gasteiger partial charge in [-0.1, -0.05) is 5.10 Å². The van der Waals surface area contributed by atoms with E-state index in [9.17, 15) is 0 Å². The Labute approximate surface area is 61.6 Å². The minimum absolute atomic E-state index is 0.410. The van der Waals surface area contributed by atoms with Crippen LogP contribution in [0.4, 0.5) is 0 Å². The molecule has 0 saturated carbocycles. The third-order valence-corrected chi connectivity index (χ3v) is 1.30. The zero-order chi connectivity index (χ0) is 7.68. The highest BCUT2D eigenvalue weighted by Crippen LogP contribution is 2.14. The maximum absolute atomic E-state index is 4.90. The normalized spacial score (nSPS) is 10.3. The van der Waals surface area contributed by atoms with Crippen LogP contribution < -0.4 is 4.74 Å². The van der Waals surface area contributed by atoms with E-state index in [4.69, 9.17) is 4.74 Å². The average molecular weight is 151 g/mol. The van der Waals surface area contributed by atoms with Gasteiger partial charge < -0.3 is 9.72 Å². The highest BCUT2D eigenvalue weighted by atomic mass is 16.5. The van der Waals surface area contributed by atoms with Crippen molar-refractivity contribution in [2.24, 2.45) is 0 Å². The van der Waals surface area contributed by atoms with Gasteiger partial charge in [-0.05, 0) is 5.21 Å². The fourth-order valence-corrected chi connectivity index (χ4v) is 0.818. The predicted octanol–water partition coefficient (Wildman–Crippen LogP) is -0.244. The average Bonchev–Trinajstić information content (AvgIpc) is 2.50. The molecule has 0 fully saturated rings. The van der Waals surface area contributed by atoms with Gasteiger partial charge in [-0.2, -0.15) is 0 Å². The monoisotopic (exact) mass is 151 g/mol. The molecule has 2 aromatic heterocycles. The lowest BCUT2D eigenvalue weighted by molar-refractivity contribution is 0.394. The Morgan fingerprint density at radius 2 is 2.36 bits per heavy atom. The molecule has 1 N–H and O–H groups in total. The number of hydrogen-bond donors (Lipinski definition) is 1. The van der Waals surface area contributed by atoms with Crippen molar-refractivity contribution in [1.29, 1.82) is 0 Å². The van der Waals surface area contributed by atoms with Gasteiger partial charge in [-0.3, -0.25) is 0 Å². The van der Waals surface area contributed by atoms with Crippen molar-refractivity contribution in [2.75, 3.05) is 7.11 Å². The summed E-state index contributed by atoms with van der Waals surface area (Å²) in [6.45, 7) is 0. The van der Waals surface area contributed by atoms with Crippen molar-refractivity contribution in [3.8, 4) is 5.88 Å². The number of aromatic amines is 1. The Kier molecular flexibility index (Phi) is 1.18. The minimum atomic E-state index is 0.410. The maximum Gasteiger partial charge on any atom is 0.263 e. The fourth-order valence-electron chi connectivity index (χ4n) is 0.818. The van der Waals surface area contributed by atoms with Crippen LogP contribution in [0.1, 0.15) is 0 Å². The molecule has 0 aliphatic heterocycles. The van der Waals surface area contributed by atoms with Crippen LogP contribution in [0.15, 0.2) is 6.33 Å². The summed E-state index contributed by atoms with van der Waals surface area (Å²) in [5, 5.41) is 10.8. The largest absolute Gasteiger partial charge is 0.478 e. The molecule has 2 aromatic rings. The van der Waals surface area contributed by atoms with Crippen LogP contribution in [0.3, 0.4) is 0 Å². The zero-order valence-electron chi connectivity index (χ0n) is 5.77. The third kappa shape index (κ3) is 0.794. The third-order valence-electron chi connectivity index (χ3n) is 1.30. The van der Waals surface area contributed by atoms with Crippen molar-refractivity contribution in [1.82, 2.24) is 25.4 Å². The molecule has 6 heteroatoms. The first kappa shape index (κ1) is 6.02. The number of aromatic nitrogens is 5. The fraction of sp³-hybridized carbons (Fsp3) is 0.200. The van der Waals surface area contributed by atoms with E-state index in [2.05, 4.69) is 25.4 Å². The summed E-state index contributed by atoms with van der Waals surface area (Å²) < 4.78 is 4.90. The summed E-state index contributed by atoms with van der Waals surface area (Å²) in [6, 6.07) is 0. The molecular formula is C5H5N5O. The van der Waals surface area contributed by atoms with Gasteiger partial charge in [0, 0.05) is 0 Å². The van der Waals surface area contributed by atoms with Gasteiger partial charge in [-0.15, -0.1) is 5.10 Å². The summed E-state index contributed by atoms with van der Waals surface area (Å²) in [6.07, 6.45) is 1.52. The van der Waals surface area contributed by atoms with Crippen LogP contribution in [-0.2, 0) is 0 Å². The summed E-state index contributed by atoms with van der Waals surface area (Å²) in [7, 11) is 1.52. The lowest BCUT2D eigenvalue weighted by atomic mass is 10.5. The number of ether oxygens (including phenoxy) is 1. The van der Waals surface area contributed by atoms with Crippen LogP contribution in [0, 0.1) is 0 Å². The SMILES string of the molecule is COc1nnnc2nc[nH]c12. The van der Waals surface area contributed by atoms with Gasteiger partial charge in [0.15, 0.2) is 5.52 Å². The first-order valence-electron chi connectivity index (χ1n) is 2.98. The van der Waals surface area contributed by atoms with E-state index in [0.717, 1.165) is 0 Å². The van der Waals surface area contributed by atoms with Crippen molar-refractivity contribution >= 4 is 11.2 Å². The van der Waals surface area contributed by atoms with Crippen LogP contribution >= 0.6 is 0 Å². The minimum Gasteiger partial charge on any atom is -0.478 e. The number of H-pyrrole nitrogens is 1. The second kappa shape index (κ2) is 2.15. The molecular weight excluding hydrogens is 146 g/mol. The maximum atomic E-state index is 4.90. The summed E-state index contributed by atoms with van der Waals surface area (Å²) in [5.74, 6) is 0.410. The van der Waals surface area contributed by atoms with E-state index in [1.54, 1.807) is 0 Å². The van der Waals surface area contributed by atoms with Crippen molar-refractivity contribution in [3.63, 3.8) is 0 Å². The molecule has 0 bridgehead atoms. The van der Waals surface area contributed by atoms with Crippen LogP contribution in [-0.4, -0.2) is 32.5 Å². The highest BCUT2D eigenvalue weighted by Gasteiger charge is 2.04. The van der Waals surface area contributed by atoms with Gasteiger partial charge in [0.25, 0.3) is 5.88 Å². The van der Waals surface area contributed by atoms with Gasteiger partial charge in [0.2, 0.25) is 5.65 Å². The zero-order valence-corrected chi connectivity index (χ0v) is 5.77. The predicted molar refractivity (Wildman–Crippen MR) is 36.0 cm³/mol. The van der Waals surface area contributed by atoms with Gasteiger partial charge in [-0.25, -0.2) is 4.98 Å². The first-order chi connectivity index (χ1) is 5.42. The van der Waals surface area contributed by atoms with E-state index in [1.165, 1.54) is 13.4 Å². The van der Waals surface area contributed by atoms with Crippen molar-refractivity contribution in [2.45, 2.75) is 0 Å². The van der Waals surface area contributed by atoms with Crippen molar-refractivity contribution < 1.29 is 4.74 Å². The molecule has 0 aliphatic carbocycles. The molecule has 0 unspecified atom stereocenters. The first-order valence-corrected chi connectivity index (χ1v) is 2.98. The van der Waals surface area contributed by atoms with Gasteiger partial charge >= 0.3 is 0 Å². The smallest absolute Gasteiger partial charge is 0.263 e. The van der Waals surface area contributed by atoms with Gasteiger partial charge in [0.1, 0.15) is 0 Å². The Morgan fingerprint density at radius 1 is 1.45 bits per heavy atom. The van der Waals surface area contributed by atoms with Crippen LogP contribution in [0.2, 0.25) is 0 Å². The molecule has 0 amide bonds. The molecule has 0 aliphatic rings. The van der Waals surface area contributed by atoms with Crippen LogP contribution in [0.5, 0.6) is 5.88 Å². The molecule has 0 atom stereocenters. The molecule has 0 radical (unpaired) electrons. The molecule has 0 aromatic carbocycles. The number of fused-ring (bicyclic) bond motifs is 1. The lowest BCUT2D eigenvalue weighted by Gasteiger charge is -1.94. The Hall–Kier alpha value is -1.72. The lowest BCUT2D eigenvalue weighted by Crippen LogP contribution is -1.93. The number of nitrogens with zero attached hydrogens (tertiary/aromatic N) is 4. The number of methoxy groups -OCH3 is 1. The van der Waals surface area contributed by atoms with E-state index in [-0.39, 0.29) is 0 Å². The van der Waals surface area contributed by atoms with E-state index in [1.807, 2.05) is 0 Å². The van der Waals surface area contributed by atoms with E-state index < -0.39 is 0 Å². The second-order valence-corrected chi connectivity index (χ2v) is 1.90. The topological polar surface area (TPSA) is 76.6 Å². The van der Waals surface area contributed by atoms with Crippen molar-refractivity contribution in [3.05, 3.63) is 6.33 Å². The Morgan fingerprint density at radius 3 is 3.18 bits per heavy atom. The number of nitrogens with one attached hydrogen (secondary N) is 1. The van der Waals surface area contributed by atoms with Gasteiger partial charge in [0.05, 0.1) is 13.4 Å². The summed E-state index contributed by atoms with van der Waals surface area (Å²) >= 11 is 0. The van der Waals surface area contributed by atoms with E-state index >= 15 is 0 Å². The molecule has 56 valence electrons. The molecule has 0 spiro atoms. The molecule has 6 nitrogen and oxygen atoms in total.